The van der Waals surface area contributed by atoms with Crippen LogP contribution in [0.25, 0.3) is 10.8 Å². The molecule has 0 aromatic heterocycles. The van der Waals surface area contributed by atoms with Crippen LogP contribution in [0, 0.1) is 0 Å². The molecule has 0 atom stereocenters. The van der Waals surface area contributed by atoms with Crippen molar-refractivity contribution >= 4 is 24.0 Å². The van der Waals surface area contributed by atoms with Gasteiger partial charge in [0.1, 0.15) is 8.07 Å². The van der Waals surface area contributed by atoms with Gasteiger partial charge in [-0.1, -0.05) is 115 Å². The van der Waals surface area contributed by atoms with E-state index in [1.807, 2.05) is 6.08 Å². The zero-order chi connectivity index (χ0) is 18.4. The van der Waals surface area contributed by atoms with Crippen LogP contribution in [0.1, 0.15) is 17.5 Å². The Morgan fingerprint density at radius 3 is 1.69 bits per heavy atom. The van der Waals surface area contributed by atoms with Crippen LogP contribution in [-0.4, -0.2) is 8.07 Å². The van der Waals surface area contributed by atoms with E-state index >= 15 is 0 Å². The third-order valence-electron chi connectivity index (χ3n) is 4.96. The minimum atomic E-state index is -1.90. The molecule has 0 amide bonds. The van der Waals surface area contributed by atoms with E-state index in [0.29, 0.717) is 0 Å². The summed E-state index contributed by atoms with van der Waals surface area (Å²) >= 11 is 0. The van der Waals surface area contributed by atoms with E-state index in [1.165, 1.54) is 27.1 Å². The number of hydrogen-bond donors (Lipinski definition) is 0. The lowest BCUT2D eigenvalue weighted by Gasteiger charge is -2.30. The van der Waals surface area contributed by atoms with Gasteiger partial charge >= 0.3 is 0 Å². The first-order chi connectivity index (χ1) is 12.6. The SMILES string of the molecule is C=CC/C(=C(/c1ccccc1)[Si](C)(C)c1ccccc1)c1ccccc1. The van der Waals surface area contributed by atoms with Crippen LogP contribution >= 0.6 is 0 Å². The molecule has 26 heavy (non-hydrogen) atoms. The van der Waals surface area contributed by atoms with Crippen LogP contribution < -0.4 is 5.19 Å². The molecule has 0 aliphatic rings. The summed E-state index contributed by atoms with van der Waals surface area (Å²) in [6.45, 7) is 8.95. The molecule has 0 heterocycles. The number of benzene rings is 3. The van der Waals surface area contributed by atoms with E-state index in [4.69, 9.17) is 0 Å². The smallest absolute Gasteiger partial charge is 0.103 e. The normalized spacial score (nSPS) is 12.4. The van der Waals surface area contributed by atoms with Crippen molar-refractivity contribution in [2.45, 2.75) is 19.5 Å². The van der Waals surface area contributed by atoms with E-state index in [2.05, 4.69) is 111 Å². The summed E-state index contributed by atoms with van der Waals surface area (Å²) < 4.78 is 0. The maximum Gasteiger partial charge on any atom is 0.113 e. The average molecular weight is 355 g/mol. The number of rotatable bonds is 6. The third kappa shape index (κ3) is 3.78. The van der Waals surface area contributed by atoms with E-state index in [-0.39, 0.29) is 0 Å². The molecular weight excluding hydrogens is 328 g/mol. The van der Waals surface area contributed by atoms with Crippen LogP contribution in [0.2, 0.25) is 13.1 Å². The predicted octanol–water partition coefficient (Wildman–Crippen LogP) is 6.33. The Kier molecular flexibility index (Phi) is 5.70. The van der Waals surface area contributed by atoms with Crippen molar-refractivity contribution in [2.24, 2.45) is 0 Å². The molecule has 0 unspecified atom stereocenters. The van der Waals surface area contributed by atoms with Crippen molar-refractivity contribution in [3.05, 3.63) is 115 Å². The monoisotopic (exact) mass is 354 g/mol. The fraction of sp³-hybridized carbons (Fsp3) is 0.120. The zero-order valence-electron chi connectivity index (χ0n) is 15.7. The lowest BCUT2D eigenvalue weighted by Crippen LogP contribution is -2.43. The summed E-state index contributed by atoms with van der Waals surface area (Å²) in [5, 5.41) is 2.95. The molecule has 0 radical (unpaired) electrons. The van der Waals surface area contributed by atoms with Crippen molar-refractivity contribution in [3.8, 4) is 0 Å². The quantitative estimate of drug-likeness (QED) is 0.276. The van der Waals surface area contributed by atoms with Crippen LogP contribution in [0.4, 0.5) is 0 Å². The molecule has 130 valence electrons. The van der Waals surface area contributed by atoms with Gasteiger partial charge in [-0.15, -0.1) is 6.58 Å². The third-order valence-corrected chi connectivity index (χ3v) is 8.57. The van der Waals surface area contributed by atoms with Crippen LogP contribution in [0.15, 0.2) is 104 Å². The molecule has 0 saturated heterocycles. The van der Waals surface area contributed by atoms with Crippen molar-refractivity contribution < 1.29 is 0 Å². The molecule has 3 aromatic rings. The lowest BCUT2D eigenvalue weighted by molar-refractivity contribution is 1.40. The van der Waals surface area contributed by atoms with E-state index in [1.54, 1.807) is 0 Å². The summed E-state index contributed by atoms with van der Waals surface area (Å²) in [5.41, 5.74) is 4.02. The minimum absolute atomic E-state index is 0.873. The van der Waals surface area contributed by atoms with Gasteiger partial charge in [-0.25, -0.2) is 0 Å². The first-order valence-corrected chi connectivity index (χ1v) is 12.2. The van der Waals surface area contributed by atoms with Crippen LogP contribution in [0.3, 0.4) is 0 Å². The first kappa shape index (κ1) is 18.2. The Labute approximate surface area is 158 Å². The molecule has 1 heteroatoms. The molecule has 0 aliphatic carbocycles. The fourth-order valence-electron chi connectivity index (χ4n) is 3.66. The van der Waals surface area contributed by atoms with Crippen LogP contribution in [0.5, 0.6) is 0 Å². The Morgan fingerprint density at radius 1 is 0.731 bits per heavy atom. The summed E-state index contributed by atoms with van der Waals surface area (Å²) in [5.74, 6) is 0. The van der Waals surface area contributed by atoms with Gasteiger partial charge in [0.05, 0.1) is 0 Å². The Bertz CT molecular complexity index is 875. The zero-order valence-corrected chi connectivity index (χ0v) is 16.7. The summed E-state index contributed by atoms with van der Waals surface area (Å²) in [6, 6.07) is 32.6. The van der Waals surface area contributed by atoms with Gasteiger partial charge in [-0.3, -0.25) is 0 Å². The van der Waals surface area contributed by atoms with Crippen molar-refractivity contribution in [1.82, 2.24) is 0 Å². The Morgan fingerprint density at radius 2 is 1.19 bits per heavy atom. The fourth-order valence-corrected chi connectivity index (χ4v) is 6.87. The van der Waals surface area contributed by atoms with Gasteiger partial charge in [0.15, 0.2) is 0 Å². The van der Waals surface area contributed by atoms with Gasteiger partial charge < -0.3 is 0 Å². The van der Waals surface area contributed by atoms with Gasteiger partial charge in [0, 0.05) is 0 Å². The molecule has 0 saturated carbocycles. The standard InChI is InChI=1S/C25H26Si/c1-4-14-24(21-15-8-5-9-16-21)25(22-17-10-6-11-18-22)26(2,3)23-19-12-7-13-20-23/h4-13,15-20H,1,14H2,2-3H3/b25-24+. The highest BCUT2D eigenvalue weighted by atomic mass is 28.3. The average Bonchev–Trinajstić information content (AvgIpc) is 2.70. The maximum atomic E-state index is 4.04. The van der Waals surface area contributed by atoms with E-state index < -0.39 is 8.07 Å². The second kappa shape index (κ2) is 8.16. The Hall–Kier alpha value is -2.64. The molecule has 3 rings (SSSR count). The molecule has 0 fully saturated rings. The highest BCUT2D eigenvalue weighted by Gasteiger charge is 2.31. The molecule has 0 bridgehead atoms. The Balaban J connectivity index is 2.31. The van der Waals surface area contributed by atoms with Gasteiger partial charge in [-0.2, -0.15) is 0 Å². The predicted molar refractivity (Wildman–Crippen MR) is 118 cm³/mol. The summed E-state index contributed by atoms with van der Waals surface area (Å²) in [6.07, 6.45) is 2.90. The summed E-state index contributed by atoms with van der Waals surface area (Å²) in [4.78, 5) is 0. The van der Waals surface area contributed by atoms with Crippen molar-refractivity contribution in [2.75, 3.05) is 0 Å². The number of hydrogen-bond acceptors (Lipinski definition) is 0. The van der Waals surface area contributed by atoms with Gasteiger partial charge in [0.25, 0.3) is 0 Å². The minimum Gasteiger partial charge on any atom is -0.103 e. The highest BCUT2D eigenvalue weighted by molar-refractivity contribution is 7.05. The van der Waals surface area contributed by atoms with E-state index in [9.17, 15) is 0 Å². The molecule has 0 N–H and O–H groups in total. The largest absolute Gasteiger partial charge is 0.113 e. The topological polar surface area (TPSA) is 0 Å². The van der Waals surface area contributed by atoms with E-state index in [0.717, 1.165) is 6.42 Å². The second-order valence-electron chi connectivity index (χ2n) is 7.07. The second-order valence-corrected chi connectivity index (χ2v) is 11.4. The van der Waals surface area contributed by atoms with Crippen molar-refractivity contribution in [1.29, 1.82) is 0 Å². The molecule has 0 aliphatic heterocycles. The first-order valence-electron chi connectivity index (χ1n) is 9.15. The molecular formula is C25H26Si. The van der Waals surface area contributed by atoms with Crippen molar-refractivity contribution in [3.63, 3.8) is 0 Å². The molecule has 0 spiro atoms. The highest BCUT2D eigenvalue weighted by Crippen LogP contribution is 2.36. The number of allylic oxidation sites excluding steroid dienone is 2. The van der Waals surface area contributed by atoms with Gasteiger partial charge in [0.2, 0.25) is 0 Å². The van der Waals surface area contributed by atoms with Gasteiger partial charge in [-0.05, 0) is 28.3 Å². The molecule has 0 nitrogen and oxygen atoms in total. The maximum absolute atomic E-state index is 4.04. The summed E-state index contributed by atoms with van der Waals surface area (Å²) in [7, 11) is -1.90. The lowest BCUT2D eigenvalue weighted by atomic mass is 9.99. The molecule has 3 aromatic carbocycles. The van der Waals surface area contributed by atoms with Crippen LogP contribution in [-0.2, 0) is 0 Å².